The Morgan fingerprint density at radius 1 is 1.55 bits per heavy atom. The minimum absolute atomic E-state index is 0.544. The quantitative estimate of drug-likeness (QED) is 0.581. The normalized spacial score (nSPS) is 30.3. The molecule has 62 valence electrons. The van der Waals surface area contributed by atoms with Crippen molar-refractivity contribution >= 4 is 0 Å². The number of hydrogen-bond donors (Lipinski definition) is 2. The first-order valence-electron chi connectivity index (χ1n) is 4.21. The van der Waals surface area contributed by atoms with Crippen molar-refractivity contribution in [3.8, 4) is 0 Å². The van der Waals surface area contributed by atoms with Gasteiger partial charge < -0.3 is 15.5 Å². The second kappa shape index (κ2) is 2.74. The molecular formula is C8H15N3. The second-order valence-corrected chi connectivity index (χ2v) is 3.42. The lowest BCUT2D eigenvalue weighted by atomic mass is 9.97. The van der Waals surface area contributed by atoms with Gasteiger partial charge in [0.1, 0.15) is 0 Å². The van der Waals surface area contributed by atoms with E-state index in [0.29, 0.717) is 6.17 Å². The summed E-state index contributed by atoms with van der Waals surface area (Å²) in [6, 6.07) is 0. The molecule has 0 radical (unpaired) electrons. The first kappa shape index (κ1) is 6.98. The minimum atomic E-state index is 0.544. The van der Waals surface area contributed by atoms with Crippen LogP contribution in [0.15, 0.2) is 12.4 Å². The van der Waals surface area contributed by atoms with Crippen LogP contribution in [0.25, 0.3) is 0 Å². The van der Waals surface area contributed by atoms with Gasteiger partial charge in [0.25, 0.3) is 0 Å². The van der Waals surface area contributed by atoms with E-state index in [4.69, 9.17) is 0 Å². The maximum Gasteiger partial charge on any atom is 0.0982 e. The zero-order chi connectivity index (χ0) is 7.68. The minimum Gasteiger partial charge on any atom is -0.370 e. The molecule has 0 saturated carbocycles. The van der Waals surface area contributed by atoms with Crippen LogP contribution < -0.4 is 10.6 Å². The van der Waals surface area contributed by atoms with Crippen LogP contribution in [-0.2, 0) is 0 Å². The molecule has 0 aromatic rings. The summed E-state index contributed by atoms with van der Waals surface area (Å²) in [7, 11) is 2.12. The van der Waals surface area contributed by atoms with Gasteiger partial charge in [-0.05, 0) is 25.4 Å². The highest BCUT2D eigenvalue weighted by Gasteiger charge is 2.23. The number of nitrogens with zero attached hydrogens (tertiary/aromatic N) is 1. The predicted molar refractivity (Wildman–Crippen MR) is 44.8 cm³/mol. The fourth-order valence-electron chi connectivity index (χ4n) is 1.56. The Bertz CT molecular complexity index is 163. The van der Waals surface area contributed by atoms with Crippen LogP contribution in [0.4, 0.5) is 0 Å². The number of rotatable bonds is 2. The standard InChI is InChI=1S/C8H15N3/c1-11-3-2-10-8(11)4-7-5-9-6-7/h2-3,7-10H,4-6H2,1H3. The maximum atomic E-state index is 3.32. The third-order valence-electron chi connectivity index (χ3n) is 2.51. The second-order valence-electron chi connectivity index (χ2n) is 3.42. The Kier molecular flexibility index (Phi) is 1.74. The lowest BCUT2D eigenvalue weighted by Gasteiger charge is -2.32. The fourth-order valence-corrected chi connectivity index (χ4v) is 1.56. The van der Waals surface area contributed by atoms with Gasteiger partial charge in [-0.25, -0.2) is 0 Å². The van der Waals surface area contributed by atoms with Crippen molar-refractivity contribution in [2.24, 2.45) is 5.92 Å². The van der Waals surface area contributed by atoms with Crippen LogP contribution in [0.2, 0.25) is 0 Å². The van der Waals surface area contributed by atoms with Crippen molar-refractivity contribution in [3.63, 3.8) is 0 Å². The zero-order valence-corrected chi connectivity index (χ0v) is 6.88. The van der Waals surface area contributed by atoms with Crippen LogP contribution >= 0.6 is 0 Å². The molecule has 0 aromatic carbocycles. The smallest absolute Gasteiger partial charge is 0.0982 e. The summed E-state index contributed by atoms with van der Waals surface area (Å²) < 4.78 is 0. The summed E-state index contributed by atoms with van der Waals surface area (Å²) in [5.41, 5.74) is 0. The number of nitrogens with one attached hydrogen (secondary N) is 2. The van der Waals surface area contributed by atoms with Crippen LogP contribution in [-0.4, -0.2) is 31.2 Å². The van der Waals surface area contributed by atoms with Crippen LogP contribution in [0, 0.1) is 5.92 Å². The molecule has 1 atom stereocenters. The van der Waals surface area contributed by atoms with E-state index in [1.54, 1.807) is 0 Å². The molecule has 0 aliphatic carbocycles. The summed E-state index contributed by atoms with van der Waals surface area (Å²) in [6.07, 6.45) is 5.92. The van der Waals surface area contributed by atoms with Gasteiger partial charge in [0.2, 0.25) is 0 Å². The Morgan fingerprint density at radius 2 is 2.36 bits per heavy atom. The fraction of sp³-hybridized carbons (Fsp3) is 0.750. The zero-order valence-electron chi connectivity index (χ0n) is 6.88. The molecule has 1 fully saturated rings. The molecule has 11 heavy (non-hydrogen) atoms. The molecule has 1 saturated heterocycles. The SMILES string of the molecule is CN1C=CNC1CC1CNC1. The van der Waals surface area contributed by atoms with Gasteiger partial charge in [0.15, 0.2) is 0 Å². The van der Waals surface area contributed by atoms with Crippen molar-refractivity contribution in [2.45, 2.75) is 12.6 Å². The van der Waals surface area contributed by atoms with E-state index in [1.807, 2.05) is 6.20 Å². The summed E-state index contributed by atoms with van der Waals surface area (Å²) in [4.78, 5) is 2.23. The molecule has 2 aliphatic rings. The van der Waals surface area contributed by atoms with Gasteiger partial charge >= 0.3 is 0 Å². The molecule has 0 amide bonds. The molecule has 2 heterocycles. The lowest BCUT2D eigenvalue weighted by molar-refractivity contribution is 0.224. The third kappa shape index (κ3) is 1.33. The van der Waals surface area contributed by atoms with E-state index in [9.17, 15) is 0 Å². The average Bonchev–Trinajstić information content (AvgIpc) is 2.27. The molecule has 1 unspecified atom stereocenters. The first-order valence-corrected chi connectivity index (χ1v) is 4.21. The summed E-state index contributed by atoms with van der Waals surface area (Å²) in [6.45, 7) is 2.40. The Hall–Kier alpha value is -0.700. The van der Waals surface area contributed by atoms with Crippen molar-refractivity contribution in [1.29, 1.82) is 0 Å². The van der Waals surface area contributed by atoms with Crippen LogP contribution in [0.5, 0.6) is 0 Å². The van der Waals surface area contributed by atoms with Crippen molar-refractivity contribution < 1.29 is 0 Å². The van der Waals surface area contributed by atoms with E-state index in [2.05, 4.69) is 28.8 Å². The highest BCUT2D eigenvalue weighted by atomic mass is 15.3. The Morgan fingerprint density at radius 3 is 2.82 bits per heavy atom. The monoisotopic (exact) mass is 153 g/mol. The summed E-state index contributed by atoms with van der Waals surface area (Å²) >= 11 is 0. The van der Waals surface area contributed by atoms with Crippen molar-refractivity contribution in [1.82, 2.24) is 15.5 Å². The predicted octanol–water partition coefficient (Wildman–Crippen LogP) is -0.0718. The van der Waals surface area contributed by atoms with E-state index >= 15 is 0 Å². The number of hydrogen-bond acceptors (Lipinski definition) is 3. The van der Waals surface area contributed by atoms with E-state index < -0.39 is 0 Å². The van der Waals surface area contributed by atoms with Crippen molar-refractivity contribution in [2.75, 3.05) is 20.1 Å². The molecule has 2 rings (SSSR count). The Balaban J connectivity index is 1.77. The topological polar surface area (TPSA) is 27.3 Å². The largest absolute Gasteiger partial charge is 0.370 e. The molecule has 2 aliphatic heterocycles. The molecular weight excluding hydrogens is 138 g/mol. The highest BCUT2D eigenvalue weighted by molar-refractivity contribution is 4.94. The lowest BCUT2D eigenvalue weighted by Crippen LogP contribution is -2.47. The van der Waals surface area contributed by atoms with Gasteiger partial charge in [-0.1, -0.05) is 0 Å². The Labute approximate surface area is 67.5 Å². The molecule has 3 nitrogen and oxygen atoms in total. The maximum absolute atomic E-state index is 3.32. The third-order valence-corrected chi connectivity index (χ3v) is 2.51. The first-order chi connectivity index (χ1) is 5.36. The summed E-state index contributed by atoms with van der Waals surface area (Å²) in [5.74, 6) is 0.884. The van der Waals surface area contributed by atoms with Crippen LogP contribution in [0.1, 0.15) is 6.42 Å². The molecule has 0 spiro atoms. The van der Waals surface area contributed by atoms with Crippen molar-refractivity contribution in [3.05, 3.63) is 12.4 Å². The van der Waals surface area contributed by atoms with Gasteiger partial charge in [0, 0.05) is 19.4 Å². The van der Waals surface area contributed by atoms with Crippen LogP contribution in [0.3, 0.4) is 0 Å². The molecule has 3 heteroatoms. The van der Waals surface area contributed by atoms with E-state index in [-0.39, 0.29) is 0 Å². The van der Waals surface area contributed by atoms with E-state index in [0.717, 1.165) is 5.92 Å². The van der Waals surface area contributed by atoms with Gasteiger partial charge in [-0.2, -0.15) is 0 Å². The molecule has 0 aromatic heterocycles. The molecule has 0 bridgehead atoms. The summed E-state index contributed by atoms with van der Waals surface area (Å²) in [5, 5.41) is 6.61. The van der Waals surface area contributed by atoms with Gasteiger partial charge in [-0.15, -0.1) is 0 Å². The van der Waals surface area contributed by atoms with Gasteiger partial charge in [0.05, 0.1) is 6.17 Å². The molecule has 2 N–H and O–H groups in total. The van der Waals surface area contributed by atoms with Gasteiger partial charge in [-0.3, -0.25) is 0 Å². The van der Waals surface area contributed by atoms with E-state index in [1.165, 1.54) is 19.5 Å². The highest BCUT2D eigenvalue weighted by Crippen LogP contribution is 2.15. The average molecular weight is 153 g/mol.